The average molecular weight is 436 g/mol. The molecule has 0 amide bonds. The Kier molecular flexibility index (Phi) is 10.4. The van der Waals surface area contributed by atoms with Crippen LogP contribution in [0.1, 0.15) is 0 Å². The number of nitrogens with one attached hydrogen (secondary N) is 1. The molecule has 0 aliphatic rings. The Morgan fingerprint density at radius 1 is 0.688 bits per heavy atom. The number of aromatic nitrogens is 8. The van der Waals surface area contributed by atoms with Gasteiger partial charge in [0.15, 0.2) is 6.33 Å². The van der Waals surface area contributed by atoms with E-state index in [1.165, 1.54) is 0 Å². The van der Waals surface area contributed by atoms with Crippen molar-refractivity contribution in [1.29, 1.82) is 0 Å². The Morgan fingerprint density at radius 3 is 1.41 bits per heavy atom. The third kappa shape index (κ3) is 5.57. The molecule has 0 spiro atoms. The van der Waals surface area contributed by atoms with Crippen molar-refractivity contribution < 1.29 is 39.2 Å². The van der Waals surface area contributed by atoms with E-state index in [1.54, 1.807) is 42.5 Å². The predicted molar refractivity (Wildman–Crippen MR) is 113 cm³/mol. The van der Waals surface area contributed by atoms with E-state index in [4.69, 9.17) is 15.3 Å². The van der Waals surface area contributed by atoms with Gasteiger partial charge in [0.1, 0.15) is 6.20 Å². The summed E-state index contributed by atoms with van der Waals surface area (Å²) < 4.78 is 8.19. The molecule has 0 aromatic carbocycles. The summed E-state index contributed by atoms with van der Waals surface area (Å²) in [6.07, 6.45) is 22.2. The number of aliphatic hydroxyl groups is 3. The van der Waals surface area contributed by atoms with Gasteiger partial charge < -0.3 is 33.2 Å². The zero-order valence-corrected chi connectivity index (χ0v) is 18.2. The number of hydrogen-bond donors (Lipinski definition) is 3. The Morgan fingerprint density at radius 2 is 1.12 bits per heavy atom. The van der Waals surface area contributed by atoms with Gasteiger partial charge in [-0.1, -0.05) is 0 Å². The summed E-state index contributed by atoms with van der Waals surface area (Å²) in [6.45, 7) is 0.146. The summed E-state index contributed by atoms with van der Waals surface area (Å²) in [5.41, 5.74) is 0. The summed E-state index contributed by atoms with van der Waals surface area (Å²) in [7, 11) is 0. The Labute approximate surface area is 198 Å². The van der Waals surface area contributed by atoms with Crippen molar-refractivity contribution in [3.63, 3.8) is 0 Å². The van der Waals surface area contributed by atoms with Crippen molar-refractivity contribution in [3.8, 4) is 0 Å². The van der Waals surface area contributed by atoms with Gasteiger partial charge in [0.25, 0.3) is 0 Å². The third-order valence-electron chi connectivity index (χ3n) is 4.99. The van der Waals surface area contributed by atoms with Gasteiger partial charge in [0, 0.05) is 38.2 Å². The second-order valence-electron chi connectivity index (χ2n) is 6.79. The van der Waals surface area contributed by atoms with E-state index in [1.807, 2.05) is 50.7 Å². The Hall–Kier alpha value is -2.66. The van der Waals surface area contributed by atoms with Crippen molar-refractivity contribution in [2.75, 3.05) is 39.5 Å². The van der Waals surface area contributed by atoms with E-state index in [0.717, 1.165) is 0 Å². The first kappa shape index (κ1) is 25.6. The molecule has 0 atom stereocenters. The summed E-state index contributed by atoms with van der Waals surface area (Å²) in [5, 5.41) is 25.5. The van der Waals surface area contributed by atoms with Crippen molar-refractivity contribution in [1.82, 2.24) is 37.8 Å². The van der Waals surface area contributed by atoms with Crippen molar-refractivity contribution in [3.05, 3.63) is 74.9 Å². The number of aliphatic hydroxyl groups excluding tert-OH is 3. The minimum Gasteiger partial charge on any atom is -0.433 e. The van der Waals surface area contributed by atoms with Crippen LogP contribution in [0.3, 0.4) is 0 Å². The van der Waals surface area contributed by atoms with Crippen LogP contribution >= 0.6 is 0 Å². The number of H-pyrrole nitrogens is 1. The maximum Gasteiger partial charge on any atom is 1.00 e. The van der Waals surface area contributed by atoms with Crippen molar-refractivity contribution in [2.24, 2.45) is 0 Å². The van der Waals surface area contributed by atoms with Gasteiger partial charge in [-0.3, -0.25) is 9.88 Å². The number of hydrogen-bond acceptors (Lipinski definition) is 7. The van der Waals surface area contributed by atoms with Crippen molar-refractivity contribution in [2.45, 2.75) is 0 Å². The van der Waals surface area contributed by atoms with Crippen LogP contribution in [0.2, 0.25) is 0 Å². The molecule has 4 aromatic heterocycles. The molecule has 0 unspecified atom stereocenters. The first-order valence-electron chi connectivity index (χ1n) is 9.96. The summed E-state index contributed by atoms with van der Waals surface area (Å²) >= 11 is 0. The number of rotatable bonds is 10. The van der Waals surface area contributed by atoms with Gasteiger partial charge in [-0.15, -0.1) is 0 Å². The smallest absolute Gasteiger partial charge is 0.433 e. The van der Waals surface area contributed by atoms with E-state index in [0.29, 0.717) is 19.6 Å². The molecule has 166 valence electrons. The molecule has 4 N–H and O–H groups in total. The second-order valence-corrected chi connectivity index (χ2v) is 6.79. The predicted octanol–water partition coefficient (Wildman–Crippen LogP) is -4.91. The zero-order chi connectivity index (χ0) is 21.9. The molecule has 0 saturated heterocycles. The first-order valence-corrected chi connectivity index (χ1v) is 9.96. The van der Waals surface area contributed by atoms with Gasteiger partial charge in [-0.25, -0.2) is 15.0 Å². The molecule has 0 aliphatic carbocycles. The molecule has 0 saturated carbocycles. The van der Waals surface area contributed by atoms with E-state index in [9.17, 15) is 0 Å². The molecule has 0 aliphatic heterocycles. The minimum absolute atomic E-state index is 0. The molecule has 0 bridgehead atoms. The van der Waals surface area contributed by atoms with E-state index in [2.05, 4.69) is 24.4 Å². The first-order chi connectivity index (χ1) is 15.3. The minimum atomic E-state index is -1.61. The largest absolute Gasteiger partial charge is 1.00 e. The van der Waals surface area contributed by atoms with Crippen LogP contribution in [0.25, 0.3) is 0 Å². The van der Waals surface area contributed by atoms with E-state index >= 15 is 0 Å². The summed E-state index contributed by atoms with van der Waals surface area (Å²) in [4.78, 5) is 17.5. The molecule has 4 aromatic rings. The number of aromatic amines is 1. The van der Waals surface area contributed by atoms with Crippen LogP contribution in [0.15, 0.2) is 74.9 Å². The second kappa shape index (κ2) is 13.0. The normalized spacial score (nSPS) is 11.1. The van der Waals surface area contributed by atoms with Crippen molar-refractivity contribution >= 4 is 6.69 Å². The van der Waals surface area contributed by atoms with Crippen LogP contribution in [-0.4, -0.2) is 99.2 Å². The monoisotopic (exact) mass is 436 g/mol. The SMILES string of the molecule is OCCN(CCO)CCO.[Li+].c1cn([B-](n2ccnc2)(n2ccnc2)n2cc[nH+]c2)cn1. The molecule has 4 rings (SSSR count). The maximum atomic E-state index is 8.48. The van der Waals surface area contributed by atoms with Gasteiger partial charge in [-0.05, 0) is 18.6 Å². The Bertz CT molecular complexity index is 794. The Balaban J connectivity index is 0.000000285. The molecule has 4 heterocycles. The standard InChI is InChI=1S/C12H12BN8.C6H15NO3.Li/c1-5-18(9-14-1)13(19-6-2-15-10-19,20-7-3-16-11-20)21-8-4-17-12-21;8-4-1-7(2-5-9)3-6-10;/h1-12H;8-10H,1-6H2;/q-1;;+1/p+1. The fourth-order valence-corrected chi connectivity index (χ4v) is 3.62. The van der Waals surface area contributed by atoms with Gasteiger partial charge in [0.2, 0.25) is 0 Å². The van der Waals surface area contributed by atoms with Crippen LogP contribution < -0.4 is 23.8 Å². The quantitative estimate of drug-likeness (QED) is 0.212. The summed E-state index contributed by atoms with van der Waals surface area (Å²) in [6, 6.07) is 0. The van der Waals surface area contributed by atoms with Gasteiger partial charge in [-0.2, -0.15) is 0 Å². The maximum absolute atomic E-state index is 8.48. The molecule has 0 fully saturated rings. The molecular weight excluding hydrogens is 408 g/mol. The molecule has 12 nitrogen and oxygen atoms in total. The van der Waals surface area contributed by atoms with Crippen LogP contribution in [-0.2, 0) is 0 Å². The molecule has 0 radical (unpaired) electrons. The van der Waals surface area contributed by atoms with E-state index < -0.39 is 6.69 Å². The topological polar surface area (TPSA) is 136 Å². The molecule has 14 heteroatoms. The van der Waals surface area contributed by atoms with Gasteiger partial charge in [0.05, 0.1) is 45.0 Å². The third-order valence-corrected chi connectivity index (χ3v) is 4.99. The average Bonchev–Trinajstić information content (AvgIpc) is 3.60. The van der Waals surface area contributed by atoms with Crippen LogP contribution in [0, 0.1) is 0 Å². The molecule has 32 heavy (non-hydrogen) atoms. The zero-order valence-electron chi connectivity index (χ0n) is 18.2. The van der Waals surface area contributed by atoms with Gasteiger partial charge >= 0.3 is 25.5 Å². The molecular formula is C18H28BLiN9O3+. The number of nitrogens with zero attached hydrogens (tertiary/aromatic N) is 8. The number of imidazole rings is 4. The van der Waals surface area contributed by atoms with Crippen LogP contribution in [0.5, 0.6) is 0 Å². The van der Waals surface area contributed by atoms with Crippen LogP contribution in [0.4, 0.5) is 0 Å². The summed E-state index contributed by atoms with van der Waals surface area (Å²) in [5.74, 6) is 0. The van der Waals surface area contributed by atoms with E-state index in [-0.39, 0.29) is 38.7 Å². The fourth-order valence-electron chi connectivity index (χ4n) is 3.62. The fraction of sp³-hybridized carbons (Fsp3) is 0.333.